The average Bonchev–Trinajstić information content (AvgIpc) is 3.22. The predicted octanol–water partition coefficient (Wildman–Crippen LogP) is 4.04. The number of para-hydroxylation sites is 2. The number of aromatic hydroxyl groups is 1. The fraction of sp³-hybridized carbons (Fsp3) is 0.120. The summed E-state index contributed by atoms with van der Waals surface area (Å²) in [6, 6.07) is 20.7. The highest BCUT2D eigenvalue weighted by molar-refractivity contribution is 5.97. The molecule has 0 aliphatic carbocycles. The number of anilines is 1. The van der Waals surface area contributed by atoms with Gasteiger partial charge in [-0.1, -0.05) is 36.4 Å². The summed E-state index contributed by atoms with van der Waals surface area (Å²) in [7, 11) is 1.44. The van der Waals surface area contributed by atoms with Crippen LogP contribution in [0, 0.1) is 0 Å². The van der Waals surface area contributed by atoms with Crippen LogP contribution in [-0.2, 0) is 4.79 Å². The van der Waals surface area contributed by atoms with Crippen LogP contribution in [0.2, 0.25) is 0 Å². The molecule has 2 unspecified atom stereocenters. The highest BCUT2D eigenvalue weighted by atomic mass is 16.5. The van der Waals surface area contributed by atoms with Crippen LogP contribution in [0.25, 0.3) is 11.0 Å². The van der Waals surface area contributed by atoms with Gasteiger partial charge in [-0.3, -0.25) is 4.79 Å². The molecule has 0 bridgehead atoms. The van der Waals surface area contributed by atoms with Crippen molar-refractivity contribution in [2.24, 2.45) is 0 Å². The van der Waals surface area contributed by atoms with Crippen molar-refractivity contribution in [1.82, 2.24) is 0 Å². The van der Waals surface area contributed by atoms with Crippen LogP contribution in [0.4, 0.5) is 5.69 Å². The smallest absolute Gasteiger partial charge is 0.344 e. The summed E-state index contributed by atoms with van der Waals surface area (Å²) < 4.78 is 16.8. The Hall–Kier alpha value is -4.26. The van der Waals surface area contributed by atoms with Gasteiger partial charge >= 0.3 is 5.63 Å². The molecular weight excluding hydrogens is 410 g/mol. The van der Waals surface area contributed by atoms with Crippen LogP contribution in [-0.4, -0.2) is 24.2 Å². The highest BCUT2D eigenvalue weighted by Crippen LogP contribution is 2.45. The number of phenolic OH excluding ortho intramolecular Hbond substituents is 1. The fourth-order valence-electron chi connectivity index (χ4n) is 4.06. The van der Waals surface area contributed by atoms with E-state index >= 15 is 0 Å². The lowest BCUT2D eigenvalue weighted by atomic mass is 9.88. The number of nitrogens with one attached hydrogen (secondary N) is 1. The fourth-order valence-corrected chi connectivity index (χ4v) is 4.06. The standard InChI is InChI=1S/C25H19NO6/c1-30-19-12-11-14(13-17(19)27)20-21-22(16-9-5-6-10-18(16)31-25(21)29)32-23(20)24(28)26-15-7-3-2-4-8-15/h2-13,20,23,27H,1H3,(H,26,28). The summed E-state index contributed by atoms with van der Waals surface area (Å²) in [5, 5.41) is 13.8. The molecule has 5 rings (SSSR count). The zero-order chi connectivity index (χ0) is 22.2. The van der Waals surface area contributed by atoms with E-state index in [9.17, 15) is 14.7 Å². The summed E-state index contributed by atoms with van der Waals surface area (Å²) in [6.45, 7) is 0. The molecule has 0 saturated heterocycles. The van der Waals surface area contributed by atoms with E-state index in [0.29, 0.717) is 28.0 Å². The Morgan fingerprint density at radius 3 is 2.53 bits per heavy atom. The van der Waals surface area contributed by atoms with Gasteiger partial charge in [-0.05, 0) is 42.0 Å². The van der Waals surface area contributed by atoms with Gasteiger partial charge in [-0.2, -0.15) is 0 Å². The molecule has 0 spiro atoms. The molecule has 32 heavy (non-hydrogen) atoms. The first kappa shape index (κ1) is 19.7. The first-order chi connectivity index (χ1) is 15.6. The minimum Gasteiger partial charge on any atom is -0.504 e. The number of methoxy groups -OCH3 is 1. The van der Waals surface area contributed by atoms with Crippen LogP contribution in [0.5, 0.6) is 17.2 Å². The quantitative estimate of drug-likeness (QED) is 0.475. The summed E-state index contributed by atoms with van der Waals surface area (Å²) in [5.41, 5.74) is 1.15. The van der Waals surface area contributed by atoms with Crippen molar-refractivity contribution in [3.63, 3.8) is 0 Å². The molecule has 4 aromatic rings. The Morgan fingerprint density at radius 1 is 1.03 bits per heavy atom. The van der Waals surface area contributed by atoms with Crippen molar-refractivity contribution < 1.29 is 23.8 Å². The molecule has 7 nitrogen and oxygen atoms in total. The van der Waals surface area contributed by atoms with Gasteiger partial charge in [0.2, 0.25) is 0 Å². The number of fused-ring (bicyclic) bond motifs is 3. The van der Waals surface area contributed by atoms with E-state index in [2.05, 4.69) is 5.32 Å². The first-order valence-corrected chi connectivity index (χ1v) is 10.0. The maximum Gasteiger partial charge on any atom is 0.344 e. The Balaban J connectivity index is 1.66. The molecular formula is C25H19NO6. The number of phenols is 1. The van der Waals surface area contributed by atoms with Gasteiger partial charge in [-0.15, -0.1) is 0 Å². The van der Waals surface area contributed by atoms with Crippen molar-refractivity contribution in [1.29, 1.82) is 0 Å². The van der Waals surface area contributed by atoms with Crippen LogP contribution in [0.3, 0.4) is 0 Å². The normalized spacial score (nSPS) is 16.9. The molecule has 160 valence electrons. The van der Waals surface area contributed by atoms with E-state index in [1.54, 1.807) is 60.7 Å². The minimum atomic E-state index is -1.05. The van der Waals surface area contributed by atoms with Crippen molar-refractivity contribution >= 4 is 22.6 Å². The summed E-state index contributed by atoms with van der Waals surface area (Å²) in [5.74, 6) is -0.720. The van der Waals surface area contributed by atoms with Gasteiger partial charge in [0.25, 0.3) is 5.91 Å². The van der Waals surface area contributed by atoms with Crippen LogP contribution in [0.15, 0.2) is 82.0 Å². The first-order valence-electron chi connectivity index (χ1n) is 10.0. The van der Waals surface area contributed by atoms with Crippen LogP contribution >= 0.6 is 0 Å². The molecule has 0 saturated carbocycles. The summed E-state index contributed by atoms with van der Waals surface area (Å²) in [6.07, 6.45) is -1.05. The van der Waals surface area contributed by atoms with Gasteiger partial charge < -0.3 is 24.3 Å². The van der Waals surface area contributed by atoms with Crippen LogP contribution < -0.4 is 20.4 Å². The molecule has 2 N–H and O–H groups in total. The second-order valence-corrected chi connectivity index (χ2v) is 7.43. The van der Waals surface area contributed by atoms with Gasteiger partial charge in [-0.25, -0.2) is 4.79 Å². The molecule has 1 amide bonds. The van der Waals surface area contributed by atoms with E-state index in [-0.39, 0.29) is 17.1 Å². The number of ether oxygens (including phenoxy) is 2. The van der Waals surface area contributed by atoms with Crippen molar-refractivity contribution in [2.45, 2.75) is 12.0 Å². The number of rotatable bonds is 4. The van der Waals surface area contributed by atoms with E-state index in [4.69, 9.17) is 13.9 Å². The third-order valence-corrected chi connectivity index (χ3v) is 5.52. The molecule has 0 fully saturated rings. The molecule has 3 aromatic carbocycles. The lowest BCUT2D eigenvalue weighted by Crippen LogP contribution is -2.35. The minimum absolute atomic E-state index is 0.106. The molecule has 7 heteroatoms. The number of amides is 1. The third-order valence-electron chi connectivity index (χ3n) is 5.52. The largest absolute Gasteiger partial charge is 0.504 e. The SMILES string of the molecule is COc1ccc(C2c3c(c4ccccc4oc3=O)OC2C(=O)Nc2ccccc2)cc1O. The number of hydrogen-bond donors (Lipinski definition) is 2. The number of carbonyl (C=O) groups is 1. The Morgan fingerprint density at radius 2 is 1.78 bits per heavy atom. The van der Waals surface area contributed by atoms with E-state index in [1.165, 1.54) is 13.2 Å². The molecule has 2 atom stereocenters. The third kappa shape index (κ3) is 3.24. The van der Waals surface area contributed by atoms with Crippen molar-refractivity contribution in [2.75, 3.05) is 12.4 Å². The Bertz CT molecular complexity index is 1380. The van der Waals surface area contributed by atoms with Crippen molar-refractivity contribution in [3.05, 3.63) is 94.3 Å². The van der Waals surface area contributed by atoms with Gasteiger partial charge in [0, 0.05) is 5.69 Å². The van der Waals surface area contributed by atoms with Gasteiger partial charge in [0.05, 0.1) is 24.0 Å². The van der Waals surface area contributed by atoms with Crippen LogP contribution in [0.1, 0.15) is 17.0 Å². The van der Waals surface area contributed by atoms with E-state index in [1.807, 2.05) is 6.07 Å². The zero-order valence-corrected chi connectivity index (χ0v) is 17.1. The molecule has 1 aromatic heterocycles. The lowest BCUT2D eigenvalue weighted by molar-refractivity contribution is -0.122. The average molecular weight is 429 g/mol. The number of hydrogen-bond acceptors (Lipinski definition) is 6. The van der Waals surface area contributed by atoms with Gasteiger partial charge in [0.15, 0.2) is 17.6 Å². The maximum atomic E-state index is 13.3. The monoisotopic (exact) mass is 429 g/mol. The number of carbonyl (C=O) groups excluding carboxylic acids is 1. The Labute approximate surface area is 182 Å². The highest BCUT2D eigenvalue weighted by Gasteiger charge is 2.44. The second kappa shape index (κ2) is 7.77. The summed E-state index contributed by atoms with van der Waals surface area (Å²) >= 11 is 0. The molecule has 2 heterocycles. The van der Waals surface area contributed by atoms with Gasteiger partial charge in [0.1, 0.15) is 11.3 Å². The van der Waals surface area contributed by atoms with E-state index < -0.39 is 23.6 Å². The molecule has 1 aliphatic heterocycles. The second-order valence-electron chi connectivity index (χ2n) is 7.43. The lowest BCUT2D eigenvalue weighted by Gasteiger charge is -2.19. The maximum absolute atomic E-state index is 13.3. The molecule has 0 radical (unpaired) electrons. The number of benzene rings is 3. The topological polar surface area (TPSA) is 98.0 Å². The zero-order valence-electron chi connectivity index (χ0n) is 17.1. The molecule has 1 aliphatic rings. The predicted molar refractivity (Wildman–Crippen MR) is 118 cm³/mol. The Kier molecular flexibility index (Phi) is 4.78. The van der Waals surface area contributed by atoms with Crippen molar-refractivity contribution in [3.8, 4) is 17.2 Å². The summed E-state index contributed by atoms with van der Waals surface area (Å²) in [4.78, 5) is 26.2. The van der Waals surface area contributed by atoms with E-state index in [0.717, 1.165) is 0 Å².